The Bertz CT molecular complexity index is 1710. The first-order valence-electron chi connectivity index (χ1n) is 14.4. The zero-order valence-corrected chi connectivity index (χ0v) is 25.8. The lowest BCUT2D eigenvalue weighted by molar-refractivity contribution is -0.147. The van der Waals surface area contributed by atoms with Gasteiger partial charge in [-0.05, 0) is 72.5 Å². The number of halogens is 4. The molecule has 0 spiro atoms. The maximum absolute atomic E-state index is 13.6. The number of hydrogen-bond donors (Lipinski definition) is 2. The van der Waals surface area contributed by atoms with Gasteiger partial charge in [0.25, 0.3) is 0 Å². The third kappa shape index (κ3) is 8.68. The number of esters is 1. The number of β-lactam (4-membered cyclic amide) rings is 1. The van der Waals surface area contributed by atoms with Crippen molar-refractivity contribution in [2.45, 2.75) is 43.8 Å². The summed E-state index contributed by atoms with van der Waals surface area (Å²) in [5.41, 5.74) is -3.52. The van der Waals surface area contributed by atoms with E-state index >= 15 is 0 Å². The van der Waals surface area contributed by atoms with Crippen molar-refractivity contribution in [3.8, 4) is 17.6 Å². The Kier molecular flexibility index (Phi) is 11.3. The predicted molar refractivity (Wildman–Crippen MR) is 162 cm³/mol. The van der Waals surface area contributed by atoms with E-state index in [9.17, 15) is 45.8 Å². The largest absolute Gasteiger partial charge is 0.534 e. The Morgan fingerprint density at radius 3 is 2.15 bits per heavy atom. The molecule has 2 N–H and O–H groups in total. The van der Waals surface area contributed by atoms with Crippen LogP contribution < -0.4 is 9.08 Å². The van der Waals surface area contributed by atoms with Crippen LogP contribution >= 0.6 is 0 Å². The van der Waals surface area contributed by atoms with Crippen molar-refractivity contribution in [2.24, 2.45) is 11.8 Å². The average molecular weight is 678 g/mol. The summed E-state index contributed by atoms with van der Waals surface area (Å²) in [6, 6.07) is 16.3. The number of aliphatic hydroxyl groups excluding tert-OH is 2. The van der Waals surface area contributed by atoms with Gasteiger partial charge in [0.1, 0.15) is 17.7 Å². The number of rotatable bonds is 12. The molecule has 2 unspecified atom stereocenters. The van der Waals surface area contributed by atoms with E-state index in [2.05, 4.69) is 16.0 Å². The van der Waals surface area contributed by atoms with Crippen LogP contribution in [0.5, 0.6) is 5.75 Å². The molecule has 1 amide bonds. The monoisotopic (exact) mass is 677 g/mol. The van der Waals surface area contributed by atoms with E-state index < -0.39 is 51.2 Å². The highest BCUT2D eigenvalue weighted by molar-refractivity contribution is 7.88. The summed E-state index contributed by atoms with van der Waals surface area (Å²) in [6.07, 6.45) is -0.114. The number of aliphatic hydroxyl groups is 2. The molecule has 3 aromatic carbocycles. The quantitative estimate of drug-likeness (QED) is 0.0670. The van der Waals surface area contributed by atoms with Crippen LogP contribution in [0.2, 0.25) is 0 Å². The van der Waals surface area contributed by atoms with Crippen LogP contribution in [0.4, 0.5) is 23.2 Å². The molecule has 0 aliphatic carbocycles. The minimum atomic E-state index is -5.89. The number of hydrogen-bond acceptors (Lipinski definition) is 8. The third-order valence-electron chi connectivity index (χ3n) is 7.50. The van der Waals surface area contributed by atoms with Gasteiger partial charge in [0.05, 0.1) is 12.0 Å². The summed E-state index contributed by atoms with van der Waals surface area (Å²) in [6.45, 7) is 0.810. The topological polar surface area (TPSA) is 130 Å². The number of alkyl halides is 3. The van der Waals surface area contributed by atoms with Crippen molar-refractivity contribution in [3.63, 3.8) is 0 Å². The predicted octanol–water partition coefficient (Wildman–Crippen LogP) is 5.19. The number of nitrogens with zero attached hydrogens (tertiary/aromatic N) is 1. The molecule has 4 rings (SSSR count). The van der Waals surface area contributed by atoms with Crippen LogP contribution in [-0.4, -0.2) is 49.2 Å². The Labute approximate surface area is 268 Å². The average Bonchev–Trinajstić information content (AvgIpc) is 3.02. The molecule has 1 aliphatic rings. The van der Waals surface area contributed by atoms with E-state index in [-0.39, 0.29) is 44.3 Å². The van der Waals surface area contributed by atoms with Crippen molar-refractivity contribution < 1.29 is 54.7 Å². The molecule has 0 bridgehead atoms. The number of carbonyl (C=O) groups excluding carboxylic acids is 2. The second-order valence-corrected chi connectivity index (χ2v) is 12.4. The smallest absolute Gasteiger partial charge is 0.458 e. The van der Waals surface area contributed by atoms with Gasteiger partial charge in [0.2, 0.25) is 5.91 Å². The number of carbonyl (C=O) groups is 2. The van der Waals surface area contributed by atoms with Gasteiger partial charge in [-0.15, -0.1) is 0 Å². The zero-order valence-electron chi connectivity index (χ0n) is 25.0. The molecular weight excluding hydrogens is 646 g/mol. The van der Waals surface area contributed by atoms with Crippen LogP contribution in [0.1, 0.15) is 55.0 Å². The Morgan fingerprint density at radius 2 is 1.60 bits per heavy atom. The van der Waals surface area contributed by atoms with Gasteiger partial charge < -0.3 is 24.0 Å². The first kappa shape index (κ1) is 35.4. The van der Waals surface area contributed by atoms with Crippen molar-refractivity contribution in [3.05, 3.63) is 95.3 Å². The number of benzene rings is 3. The summed E-state index contributed by atoms with van der Waals surface area (Å²) in [4.78, 5) is 26.9. The lowest BCUT2D eigenvalue weighted by Crippen LogP contribution is -2.55. The van der Waals surface area contributed by atoms with Crippen LogP contribution in [0.3, 0.4) is 0 Å². The molecule has 250 valence electrons. The highest BCUT2D eigenvalue weighted by Crippen LogP contribution is 2.47. The molecular formula is C33H31F4NO8S. The molecule has 1 saturated heterocycles. The van der Waals surface area contributed by atoms with Gasteiger partial charge in [-0.1, -0.05) is 36.1 Å². The highest BCUT2D eigenvalue weighted by atomic mass is 32.2. The fourth-order valence-electron chi connectivity index (χ4n) is 5.09. The molecule has 14 heteroatoms. The van der Waals surface area contributed by atoms with Crippen LogP contribution in [0, 0.1) is 29.5 Å². The summed E-state index contributed by atoms with van der Waals surface area (Å²) in [7, 11) is -5.89. The van der Waals surface area contributed by atoms with E-state index in [0.29, 0.717) is 22.4 Å². The molecule has 0 radical (unpaired) electrons. The van der Waals surface area contributed by atoms with Crippen molar-refractivity contribution >= 4 is 27.7 Å². The van der Waals surface area contributed by atoms with Gasteiger partial charge >= 0.3 is 21.6 Å². The maximum atomic E-state index is 13.6. The Hall–Kier alpha value is -4.45. The van der Waals surface area contributed by atoms with Crippen LogP contribution in [-0.2, 0) is 24.4 Å². The summed E-state index contributed by atoms with van der Waals surface area (Å²) < 4.78 is 84.6. The summed E-state index contributed by atoms with van der Waals surface area (Å²) in [5, 5.41) is 18.4. The molecule has 1 heterocycles. The normalized spacial score (nSPS) is 17.0. The zero-order chi connectivity index (χ0) is 34.4. The lowest BCUT2D eigenvalue weighted by atomic mass is 9.78. The molecule has 9 nitrogen and oxygen atoms in total. The molecule has 1 fully saturated rings. The van der Waals surface area contributed by atoms with E-state index in [1.165, 1.54) is 48.2 Å². The standard InChI is InChI=1S/C33H31F4NO8S/c1-21(41)45-30(24-7-11-26(34)12-8-24)18-17-29-31(25-9-15-28(16-10-25)46-47(43,44)33(35,36)37)38(32(29)42)27-13-5-22(6-14-27)3-2-4-23(19-39)20-40/h5-16,23,29-31,39-40H,4,17-20H2,1H3/t29?,30-,31?/m0/s1. The van der Waals surface area contributed by atoms with Crippen molar-refractivity contribution in [2.75, 3.05) is 18.1 Å². The SMILES string of the molecule is CC(=O)O[C@@H](CCC1C(=O)N(c2ccc(C#CCC(CO)CO)cc2)C1c1ccc(OS(=O)(=O)C(F)(F)F)cc1)c1ccc(F)cc1. The van der Waals surface area contributed by atoms with Gasteiger partial charge in [0, 0.05) is 43.7 Å². The molecule has 3 atom stereocenters. The van der Waals surface area contributed by atoms with E-state index in [1.807, 2.05) is 0 Å². The minimum Gasteiger partial charge on any atom is -0.458 e. The molecule has 47 heavy (non-hydrogen) atoms. The lowest BCUT2D eigenvalue weighted by Gasteiger charge is -2.48. The summed E-state index contributed by atoms with van der Waals surface area (Å²) >= 11 is 0. The molecule has 3 aromatic rings. The molecule has 1 aliphatic heterocycles. The third-order valence-corrected chi connectivity index (χ3v) is 8.48. The van der Waals surface area contributed by atoms with E-state index in [4.69, 9.17) is 4.74 Å². The minimum absolute atomic E-state index is 0.189. The molecule has 0 saturated carbocycles. The number of amides is 1. The number of anilines is 1. The molecule has 0 aromatic heterocycles. The van der Waals surface area contributed by atoms with E-state index in [0.717, 1.165) is 12.1 Å². The highest BCUT2D eigenvalue weighted by Gasteiger charge is 2.50. The van der Waals surface area contributed by atoms with Crippen molar-refractivity contribution in [1.82, 2.24) is 0 Å². The first-order valence-corrected chi connectivity index (χ1v) is 15.8. The Balaban J connectivity index is 1.60. The number of ether oxygens (including phenoxy) is 1. The van der Waals surface area contributed by atoms with Gasteiger partial charge in [0.15, 0.2) is 0 Å². The fourth-order valence-corrected chi connectivity index (χ4v) is 5.54. The maximum Gasteiger partial charge on any atom is 0.534 e. The first-order chi connectivity index (χ1) is 22.2. The van der Waals surface area contributed by atoms with Crippen LogP contribution in [0.15, 0.2) is 72.8 Å². The Morgan fingerprint density at radius 1 is 0.979 bits per heavy atom. The van der Waals surface area contributed by atoms with Crippen LogP contribution in [0.25, 0.3) is 0 Å². The fraction of sp³-hybridized carbons (Fsp3) is 0.333. The van der Waals surface area contributed by atoms with E-state index in [1.54, 1.807) is 24.3 Å². The van der Waals surface area contributed by atoms with Crippen molar-refractivity contribution in [1.29, 1.82) is 0 Å². The second kappa shape index (κ2) is 15.0. The second-order valence-electron chi connectivity index (χ2n) is 10.8. The summed E-state index contributed by atoms with van der Waals surface area (Å²) in [5.74, 6) is 2.86. The van der Waals surface area contributed by atoms with Gasteiger partial charge in [-0.2, -0.15) is 21.6 Å². The van der Waals surface area contributed by atoms with Gasteiger partial charge in [-0.25, -0.2) is 4.39 Å². The van der Waals surface area contributed by atoms with Gasteiger partial charge in [-0.3, -0.25) is 9.59 Å².